The zero-order chi connectivity index (χ0) is 15.0. The fraction of sp³-hybridized carbons (Fsp3) is 0.500. The number of oxazole rings is 1. The highest BCUT2D eigenvalue weighted by molar-refractivity contribution is 6.32. The second-order valence-corrected chi connectivity index (χ2v) is 5.81. The largest absolute Gasteiger partial charge is 0.444 e. The van der Waals surface area contributed by atoms with Gasteiger partial charge in [-0.15, -0.1) is 0 Å². The van der Waals surface area contributed by atoms with Crippen molar-refractivity contribution in [2.45, 2.75) is 39.8 Å². The molecule has 0 spiro atoms. The van der Waals surface area contributed by atoms with Crippen molar-refractivity contribution in [3.63, 3.8) is 0 Å². The first-order valence-corrected chi connectivity index (χ1v) is 7.35. The second kappa shape index (κ2) is 5.52. The summed E-state index contributed by atoms with van der Waals surface area (Å²) in [4.78, 5) is 16.6. The van der Waals surface area contributed by atoms with Crippen LogP contribution in [0.2, 0.25) is 5.02 Å². The minimum Gasteiger partial charge on any atom is -0.444 e. The Morgan fingerprint density at radius 1 is 1.48 bits per heavy atom. The van der Waals surface area contributed by atoms with Crippen LogP contribution in [0.15, 0.2) is 15.4 Å². The topological polar surface area (TPSA) is 73.0 Å². The average Bonchev–Trinajstić information content (AvgIpc) is 3.19. The van der Waals surface area contributed by atoms with Gasteiger partial charge in [-0.3, -0.25) is 4.79 Å². The Hall–Kier alpha value is -1.82. The molecule has 1 aliphatic carbocycles. The minimum absolute atomic E-state index is 0.200. The van der Waals surface area contributed by atoms with Crippen LogP contribution in [-0.2, 0) is 13.1 Å². The van der Waals surface area contributed by atoms with E-state index in [-0.39, 0.29) is 5.56 Å². The third kappa shape index (κ3) is 3.10. The fourth-order valence-electron chi connectivity index (χ4n) is 2.08. The van der Waals surface area contributed by atoms with Crippen LogP contribution in [0.4, 0.5) is 5.69 Å². The highest BCUT2D eigenvalue weighted by Gasteiger charge is 2.23. The smallest absolute Gasteiger partial charge is 0.291 e. The second-order valence-electron chi connectivity index (χ2n) is 5.40. The number of halogens is 1. The summed E-state index contributed by atoms with van der Waals surface area (Å²) in [5, 5.41) is 7.41. The fourth-order valence-corrected chi connectivity index (χ4v) is 2.27. The van der Waals surface area contributed by atoms with Crippen molar-refractivity contribution in [2.24, 2.45) is 5.92 Å². The maximum atomic E-state index is 12.3. The molecule has 1 aliphatic rings. The molecule has 0 aromatic carbocycles. The molecule has 1 saturated carbocycles. The summed E-state index contributed by atoms with van der Waals surface area (Å²) in [7, 11) is 0. The zero-order valence-corrected chi connectivity index (χ0v) is 12.8. The molecule has 7 heteroatoms. The van der Waals surface area contributed by atoms with Crippen molar-refractivity contribution in [3.8, 4) is 0 Å². The van der Waals surface area contributed by atoms with Gasteiger partial charge in [-0.25, -0.2) is 9.67 Å². The molecule has 112 valence electrons. The lowest BCUT2D eigenvalue weighted by Crippen LogP contribution is -2.26. The van der Waals surface area contributed by atoms with Gasteiger partial charge in [0, 0.05) is 6.54 Å². The first-order valence-electron chi connectivity index (χ1n) is 6.97. The SMILES string of the molecule is Cc1nc(CNc2c(Cl)cnn(CC3CC3)c2=O)oc1C. The van der Waals surface area contributed by atoms with Gasteiger partial charge in [-0.2, -0.15) is 5.10 Å². The highest BCUT2D eigenvalue weighted by Crippen LogP contribution is 2.30. The Bertz CT molecular complexity index is 699. The molecular weight excluding hydrogens is 292 g/mol. The van der Waals surface area contributed by atoms with Crippen molar-refractivity contribution < 1.29 is 4.42 Å². The van der Waals surface area contributed by atoms with Gasteiger partial charge >= 0.3 is 0 Å². The normalized spacial score (nSPS) is 14.4. The average molecular weight is 309 g/mol. The van der Waals surface area contributed by atoms with E-state index in [9.17, 15) is 4.79 Å². The van der Waals surface area contributed by atoms with Gasteiger partial charge in [0.05, 0.1) is 23.5 Å². The van der Waals surface area contributed by atoms with Crippen molar-refractivity contribution in [1.29, 1.82) is 0 Å². The summed E-state index contributed by atoms with van der Waals surface area (Å²) >= 11 is 6.07. The number of hydrogen-bond acceptors (Lipinski definition) is 5. The Balaban J connectivity index is 1.78. The van der Waals surface area contributed by atoms with Crippen LogP contribution >= 0.6 is 11.6 Å². The zero-order valence-electron chi connectivity index (χ0n) is 12.0. The van der Waals surface area contributed by atoms with Gasteiger partial charge in [0.25, 0.3) is 5.56 Å². The monoisotopic (exact) mass is 308 g/mol. The van der Waals surface area contributed by atoms with Crippen molar-refractivity contribution in [3.05, 3.63) is 38.9 Å². The summed E-state index contributed by atoms with van der Waals surface area (Å²) < 4.78 is 6.95. The summed E-state index contributed by atoms with van der Waals surface area (Å²) in [5.41, 5.74) is 0.994. The Morgan fingerprint density at radius 2 is 2.24 bits per heavy atom. The Kier molecular flexibility index (Phi) is 3.71. The number of nitrogens with zero attached hydrogens (tertiary/aromatic N) is 3. The lowest BCUT2D eigenvalue weighted by Gasteiger charge is -2.09. The van der Waals surface area contributed by atoms with Crippen molar-refractivity contribution >= 4 is 17.3 Å². The summed E-state index contributed by atoms with van der Waals surface area (Å²) in [6.07, 6.45) is 3.82. The van der Waals surface area contributed by atoms with Crippen LogP contribution in [0.5, 0.6) is 0 Å². The number of aryl methyl sites for hydroxylation is 2. The number of nitrogens with one attached hydrogen (secondary N) is 1. The first kappa shape index (κ1) is 14.1. The molecule has 2 aromatic heterocycles. The predicted octanol–water partition coefficient (Wildman–Crippen LogP) is 2.52. The molecule has 0 aliphatic heterocycles. The molecule has 2 aromatic rings. The van der Waals surface area contributed by atoms with Crippen LogP contribution in [0, 0.1) is 19.8 Å². The third-order valence-electron chi connectivity index (χ3n) is 3.61. The van der Waals surface area contributed by atoms with E-state index < -0.39 is 0 Å². The summed E-state index contributed by atoms with van der Waals surface area (Å²) in [6.45, 7) is 4.71. The quantitative estimate of drug-likeness (QED) is 0.919. The van der Waals surface area contributed by atoms with Crippen molar-refractivity contribution in [1.82, 2.24) is 14.8 Å². The molecule has 0 amide bonds. The van der Waals surface area contributed by atoms with E-state index >= 15 is 0 Å². The molecular formula is C14H17ClN4O2. The van der Waals surface area contributed by atoms with Crippen LogP contribution in [0.1, 0.15) is 30.2 Å². The summed E-state index contributed by atoms with van der Waals surface area (Å²) in [5.74, 6) is 1.88. The van der Waals surface area contributed by atoms with Gasteiger partial charge in [-0.05, 0) is 32.6 Å². The maximum Gasteiger partial charge on any atom is 0.291 e. The molecule has 0 unspecified atom stereocenters. The van der Waals surface area contributed by atoms with Gasteiger partial charge in [0.15, 0.2) is 0 Å². The third-order valence-corrected chi connectivity index (χ3v) is 3.90. The molecule has 2 heterocycles. The Labute approximate surface area is 127 Å². The molecule has 1 fully saturated rings. The van der Waals surface area contributed by atoms with E-state index in [0.29, 0.717) is 35.6 Å². The van der Waals surface area contributed by atoms with E-state index in [4.69, 9.17) is 16.0 Å². The molecule has 0 saturated heterocycles. The number of anilines is 1. The van der Waals surface area contributed by atoms with Gasteiger partial charge in [0.1, 0.15) is 11.4 Å². The Morgan fingerprint density at radius 3 is 2.86 bits per heavy atom. The molecule has 21 heavy (non-hydrogen) atoms. The van der Waals surface area contributed by atoms with E-state index in [1.165, 1.54) is 10.9 Å². The molecule has 6 nitrogen and oxygen atoms in total. The minimum atomic E-state index is -0.200. The van der Waals surface area contributed by atoms with E-state index in [2.05, 4.69) is 15.4 Å². The standard InChI is InChI=1S/C14H17ClN4O2/c1-8-9(2)21-12(18-8)6-16-13-11(15)5-17-19(14(13)20)7-10-3-4-10/h5,10,16H,3-4,6-7H2,1-2H3. The van der Waals surface area contributed by atoms with Crippen LogP contribution < -0.4 is 10.9 Å². The lowest BCUT2D eigenvalue weighted by molar-refractivity contribution is 0.477. The maximum absolute atomic E-state index is 12.3. The molecule has 0 atom stereocenters. The van der Waals surface area contributed by atoms with Crippen LogP contribution in [-0.4, -0.2) is 14.8 Å². The van der Waals surface area contributed by atoms with E-state index in [0.717, 1.165) is 24.3 Å². The van der Waals surface area contributed by atoms with E-state index in [1.807, 2.05) is 13.8 Å². The van der Waals surface area contributed by atoms with Gasteiger partial charge in [0.2, 0.25) is 5.89 Å². The van der Waals surface area contributed by atoms with E-state index in [1.54, 1.807) is 0 Å². The molecule has 0 radical (unpaired) electrons. The lowest BCUT2D eigenvalue weighted by atomic mass is 10.4. The molecule has 3 rings (SSSR count). The van der Waals surface area contributed by atoms with Gasteiger partial charge < -0.3 is 9.73 Å². The van der Waals surface area contributed by atoms with Crippen LogP contribution in [0.25, 0.3) is 0 Å². The molecule has 1 N–H and O–H groups in total. The molecule has 0 bridgehead atoms. The van der Waals surface area contributed by atoms with Crippen LogP contribution in [0.3, 0.4) is 0 Å². The first-order chi connectivity index (χ1) is 10.0. The predicted molar refractivity (Wildman–Crippen MR) is 79.5 cm³/mol. The highest BCUT2D eigenvalue weighted by atomic mass is 35.5. The number of aromatic nitrogens is 3. The number of rotatable bonds is 5. The van der Waals surface area contributed by atoms with Gasteiger partial charge in [-0.1, -0.05) is 11.6 Å². The van der Waals surface area contributed by atoms with Crippen molar-refractivity contribution in [2.75, 3.05) is 5.32 Å². The number of hydrogen-bond donors (Lipinski definition) is 1. The summed E-state index contributed by atoms with van der Waals surface area (Å²) in [6, 6.07) is 0.